The Hall–Kier alpha value is -2.82. The number of hydrogen-bond acceptors (Lipinski definition) is 2. The average Bonchev–Trinajstić information content (AvgIpc) is 3.14. The SMILES string of the molecule is CCC(C)NC(=O)c1cccc(CN=C(N)Nc2ccc3c(c2)CCC3)c1. The molecule has 4 N–H and O–H groups in total. The minimum Gasteiger partial charge on any atom is -0.370 e. The van der Waals surface area contributed by atoms with E-state index in [0.29, 0.717) is 18.1 Å². The number of nitrogens with two attached hydrogens (primary N) is 1. The van der Waals surface area contributed by atoms with E-state index >= 15 is 0 Å². The third-order valence-electron chi connectivity index (χ3n) is 4.98. The van der Waals surface area contributed by atoms with Crippen LogP contribution in [0.1, 0.15) is 53.7 Å². The fourth-order valence-electron chi connectivity index (χ4n) is 3.23. The molecule has 0 fully saturated rings. The number of fused-ring (bicyclic) bond motifs is 1. The Labute approximate surface area is 161 Å². The number of benzene rings is 2. The number of aliphatic imine (C=N–C) groups is 1. The fourth-order valence-corrected chi connectivity index (χ4v) is 3.23. The Balaban J connectivity index is 1.61. The normalized spacial score (nSPS) is 14.5. The number of amides is 1. The van der Waals surface area contributed by atoms with Gasteiger partial charge in [0.15, 0.2) is 5.96 Å². The number of anilines is 1. The van der Waals surface area contributed by atoms with Gasteiger partial charge in [-0.3, -0.25) is 4.79 Å². The van der Waals surface area contributed by atoms with Crippen LogP contribution in [0.4, 0.5) is 5.69 Å². The molecule has 0 bridgehead atoms. The average molecular weight is 364 g/mol. The monoisotopic (exact) mass is 364 g/mol. The van der Waals surface area contributed by atoms with Crippen LogP contribution in [0.2, 0.25) is 0 Å². The molecule has 142 valence electrons. The number of carbonyl (C=O) groups excluding carboxylic acids is 1. The minimum atomic E-state index is -0.0561. The van der Waals surface area contributed by atoms with Gasteiger partial charge in [-0.1, -0.05) is 25.1 Å². The van der Waals surface area contributed by atoms with E-state index < -0.39 is 0 Å². The van der Waals surface area contributed by atoms with Crippen molar-refractivity contribution in [1.82, 2.24) is 5.32 Å². The molecule has 0 saturated heterocycles. The maximum atomic E-state index is 12.3. The molecular weight excluding hydrogens is 336 g/mol. The van der Waals surface area contributed by atoms with Gasteiger partial charge >= 0.3 is 0 Å². The first-order chi connectivity index (χ1) is 13.0. The highest BCUT2D eigenvalue weighted by Gasteiger charge is 2.11. The van der Waals surface area contributed by atoms with Crippen molar-refractivity contribution >= 4 is 17.6 Å². The molecule has 3 rings (SSSR count). The van der Waals surface area contributed by atoms with E-state index in [1.165, 1.54) is 24.0 Å². The minimum absolute atomic E-state index is 0.0561. The maximum Gasteiger partial charge on any atom is 0.251 e. The molecular formula is C22H28N4O. The van der Waals surface area contributed by atoms with Gasteiger partial charge < -0.3 is 16.4 Å². The molecule has 5 heteroatoms. The van der Waals surface area contributed by atoms with Gasteiger partial charge in [0, 0.05) is 17.3 Å². The molecule has 0 radical (unpaired) electrons. The van der Waals surface area contributed by atoms with Gasteiger partial charge in [0.2, 0.25) is 0 Å². The Kier molecular flexibility index (Phi) is 6.12. The molecule has 1 atom stereocenters. The summed E-state index contributed by atoms with van der Waals surface area (Å²) in [6.07, 6.45) is 4.43. The first-order valence-corrected chi connectivity index (χ1v) is 9.63. The van der Waals surface area contributed by atoms with Crippen molar-refractivity contribution < 1.29 is 4.79 Å². The van der Waals surface area contributed by atoms with E-state index in [2.05, 4.69) is 27.8 Å². The zero-order valence-electron chi connectivity index (χ0n) is 16.1. The van der Waals surface area contributed by atoms with Crippen LogP contribution in [-0.4, -0.2) is 17.9 Å². The van der Waals surface area contributed by atoms with Crippen LogP contribution in [0.25, 0.3) is 0 Å². The van der Waals surface area contributed by atoms with Crippen molar-refractivity contribution in [3.05, 3.63) is 64.7 Å². The lowest BCUT2D eigenvalue weighted by Crippen LogP contribution is -2.31. The number of guanidine groups is 1. The van der Waals surface area contributed by atoms with Crippen molar-refractivity contribution in [2.45, 2.75) is 52.1 Å². The van der Waals surface area contributed by atoms with E-state index in [-0.39, 0.29) is 11.9 Å². The van der Waals surface area contributed by atoms with Crippen LogP contribution in [0, 0.1) is 0 Å². The number of carbonyl (C=O) groups is 1. The summed E-state index contributed by atoms with van der Waals surface area (Å²) in [5.74, 6) is 0.321. The van der Waals surface area contributed by atoms with E-state index in [0.717, 1.165) is 24.1 Å². The van der Waals surface area contributed by atoms with Crippen LogP contribution in [-0.2, 0) is 19.4 Å². The molecule has 1 aliphatic carbocycles. The van der Waals surface area contributed by atoms with Crippen LogP contribution >= 0.6 is 0 Å². The molecule has 5 nitrogen and oxygen atoms in total. The third kappa shape index (κ3) is 5.09. The first kappa shape index (κ1) is 19.0. The summed E-state index contributed by atoms with van der Waals surface area (Å²) in [6.45, 7) is 4.47. The molecule has 1 unspecified atom stereocenters. The summed E-state index contributed by atoms with van der Waals surface area (Å²) >= 11 is 0. The zero-order valence-corrected chi connectivity index (χ0v) is 16.1. The van der Waals surface area contributed by atoms with Crippen LogP contribution < -0.4 is 16.4 Å². The molecule has 2 aromatic carbocycles. The summed E-state index contributed by atoms with van der Waals surface area (Å²) in [7, 11) is 0. The molecule has 1 amide bonds. The van der Waals surface area contributed by atoms with Gasteiger partial charge in [-0.15, -0.1) is 0 Å². The molecule has 0 saturated carbocycles. The molecule has 1 aliphatic rings. The Bertz CT molecular complexity index is 844. The van der Waals surface area contributed by atoms with E-state index in [9.17, 15) is 4.79 Å². The third-order valence-corrected chi connectivity index (χ3v) is 4.98. The van der Waals surface area contributed by atoms with Gasteiger partial charge in [0.05, 0.1) is 6.54 Å². The summed E-state index contributed by atoms with van der Waals surface area (Å²) in [6, 6.07) is 14.0. The zero-order chi connectivity index (χ0) is 19.2. The Morgan fingerprint density at radius 1 is 1.19 bits per heavy atom. The predicted octanol–water partition coefficient (Wildman–Crippen LogP) is 3.63. The quantitative estimate of drug-likeness (QED) is 0.541. The second kappa shape index (κ2) is 8.71. The van der Waals surface area contributed by atoms with Crippen LogP contribution in [0.15, 0.2) is 47.5 Å². The Morgan fingerprint density at radius 2 is 2.00 bits per heavy atom. The van der Waals surface area contributed by atoms with Crippen molar-refractivity contribution in [2.24, 2.45) is 10.7 Å². The summed E-state index contributed by atoms with van der Waals surface area (Å²) in [5, 5.41) is 6.14. The van der Waals surface area contributed by atoms with Crippen LogP contribution in [0.3, 0.4) is 0 Å². The van der Waals surface area contributed by atoms with Gasteiger partial charge in [-0.05, 0) is 73.6 Å². The lowest BCUT2D eigenvalue weighted by molar-refractivity contribution is 0.0939. The van der Waals surface area contributed by atoms with Gasteiger partial charge in [0.1, 0.15) is 0 Å². The highest BCUT2D eigenvalue weighted by Crippen LogP contribution is 2.24. The number of hydrogen-bond donors (Lipinski definition) is 3. The summed E-state index contributed by atoms with van der Waals surface area (Å²) in [4.78, 5) is 16.7. The topological polar surface area (TPSA) is 79.5 Å². The highest BCUT2D eigenvalue weighted by molar-refractivity contribution is 5.94. The lowest BCUT2D eigenvalue weighted by Gasteiger charge is -2.12. The van der Waals surface area contributed by atoms with E-state index in [1.54, 1.807) is 0 Å². The van der Waals surface area contributed by atoms with Gasteiger partial charge in [-0.25, -0.2) is 4.99 Å². The van der Waals surface area contributed by atoms with Crippen molar-refractivity contribution in [2.75, 3.05) is 5.32 Å². The standard InChI is InChI=1S/C22H28N4O/c1-3-15(2)25-21(27)19-9-4-6-16(12-19)14-24-22(23)26-20-11-10-17-7-5-8-18(17)13-20/h4,6,9-13,15H,3,5,7-8,14H2,1-2H3,(H,25,27)(H3,23,24,26). The maximum absolute atomic E-state index is 12.3. The van der Waals surface area contributed by atoms with Crippen molar-refractivity contribution in [1.29, 1.82) is 0 Å². The molecule has 27 heavy (non-hydrogen) atoms. The van der Waals surface area contributed by atoms with Crippen LogP contribution in [0.5, 0.6) is 0 Å². The first-order valence-electron chi connectivity index (χ1n) is 9.63. The summed E-state index contributed by atoms with van der Waals surface area (Å²) in [5.41, 5.74) is 11.4. The number of rotatable bonds is 6. The summed E-state index contributed by atoms with van der Waals surface area (Å²) < 4.78 is 0. The van der Waals surface area contributed by atoms with E-state index in [4.69, 9.17) is 5.73 Å². The molecule has 0 aromatic heterocycles. The van der Waals surface area contributed by atoms with Crippen molar-refractivity contribution in [3.63, 3.8) is 0 Å². The molecule has 2 aromatic rings. The lowest BCUT2D eigenvalue weighted by atomic mass is 10.1. The van der Waals surface area contributed by atoms with Gasteiger partial charge in [-0.2, -0.15) is 0 Å². The number of aryl methyl sites for hydroxylation is 2. The molecule has 0 heterocycles. The Morgan fingerprint density at radius 3 is 2.81 bits per heavy atom. The predicted molar refractivity (Wildman–Crippen MR) is 111 cm³/mol. The second-order valence-electron chi connectivity index (χ2n) is 7.15. The highest BCUT2D eigenvalue weighted by atomic mass is 16.1. The number of nitrogens with one attached hydrogen (secondary N) is 2. The smallest absolute Gasteiger partial charge is 0.251 e. The van der Waals surface area contributed by atoms with Crippen molar-refractivity contribution in [3.8, 4) is 0 Å². The number of nitrogens with zero attached hydrogens (tertiary/aromatic N) is 1. The molecule has 0 spiro atoms. The van der Waals surface area contributed by atoms with E-state index in [1.807, 2.05) is 44.2 Å². The largest absolute Gasteiger partial charge is 0.370 e. The second-order valence-corrected chi connectivity index (χ2v) is 7.15. The van der Waals surface area contributed by atoms with Gasteiger partial charge in [0.25, 0.3) is 5.91 Å². The fraction of sp³-hybridized carbons (Fsp3) is 0.364. The molecule has 0 aliphatic heterocycles.